The van der Waals surface area contributed by atoms with E-state index in [4.69, 9.17) is 33.2 Å². The van der Waals surface area contributed by atoms with Crippen molar-refractivity contribution in [1.82, 2.24) is 4.90 Å². The van der Waals surface area contributed by atoms with E-state index in [1.54, 1.807) is 48.5 Å². The molecule has 348 valence electrons. The Morgan fingerprint density at radius 3 is 2.10 bits per heavy atom. The molecule has 1 aliphatic carbocycles. The van der Waals surface area contributed by atoms with Crippen LogP contribution >= 0.6 is 0 Å². The monoisotopic (exact) mass is 858 g/mol. The van der Waals surface area contributed by atoms with Gasteiger partial charge in [-0.3, -0.25) is 14.4 Å². The number of ketones is 1. The molecule has 0 radical (unpaired) electrons. The number of Topliss-reactive ketones (excluding diaryl/α,β-unsaturated/α-hetero) is 1. The smallest absolute Gasteiger partial charge is 0.311 e. The lowest BCUT2D eigenvalue weighted by Gasteiger charge is -2.49. The van der Waals surface area contributed by atoms with Gasteiger partial charge in [0.1, 0.15) is 23.6 Å². The number of hydrogen-bond acceptors (Lipinski definition) is 15. The topological polar surface area (TPSA) is 200 Å². The first-order chi connectivity index (χ1) is 27.9. The third-order valence-corrected chi connectivity index (χ3v) is 14.3. The zero-order chi connectivity index (χ0) is 45.1. The first-order valence-corrected chi connectivity index (χ1v) is 22.5. The summed E-state index contributed by atoms with van der Waals surface area (Å²) in [6, 6.07) is -0.314. The fourth-order valence-electron chi connectivity index (χ4n) is 10.4. The van der Waals surface area contributed by atoms with Crippen molar-refractivity contribution in [2.24, 2.45) is 29.6 Å². The van der Waals surface area contributed by atoms with Crippen LogP contribution in [0, 0.1) is 29.6 Å². The normalized spacial score (nSPS) is 45.6. The first kappa shape index (κ1) is 50.9. The molecule has 60 heavy (non-hydrogen) atoms. The number of likely N-dealkylation sites (N-methyl/N-ethyl adjacent to an activating group) is 1. The van der Waals surface area contributed by atoms with Crippen molar-refractivity contribution in [3.63, 3.8) is 0 Å². The summed E-state index contributed by atoms with van der Waals surface area (Å²) in [5.41, 5.74) is -4.93. The maximum atomic E-state index is 14.3. The highest BCUT2D eigenvalue weighted by atomic mass is 16.7. The van der Waals surface area contributed by atoms with Crippen molar-refractivity contribution in [3.8, 4) is 0 Å². The molecule has 4 N–H and O–H groups in total. The fraction of sp³-hybridized carbons (Fsp3) is 0.933. The number of esters is 2. The van der Waals surface area contributed by atoms with E-state index in [0.29, 0.717) is 12.3 Å². The number of carbonyl (C=O) groups excluding carboxylic acids is 3. The van der Waals surface area contributed by atoms with Gasteiger partial charge in [0.25, 0.3) is 0 Å². The lowest BCUT2D eigenvalue weighted by molar-refractivity contribution is -0.319. The van der Waals surface area contributed by atoms with Gasteiger partial charge in [-0.25, -0.2) is 0 Å². The van der Waals surface area contributed by atoms with E-state index in [2.05, 4.69) is 0 Å². The standard InChI is InChI=1S/C45H79NO14/c1-14-32-45(10,53)38(49)26(4)35(48)24(2)22-43(8,52)40(27(5)36(28(6)41(51)57-32)59-34-23-44(9,54-13)39(50)29(7)56-34)60-42-37(31(46(11)12)21-25(3)55-42)58-33(47)20-19-30-17-15-16-18-30/h24-32,34,36-40,42,49-50,52-53H,14-23H2,1-13H3/t24-,25+,26-,27-,28+,29-,31-,32-,34+,36+,37-,38-,39+,40-,42-,43+,44-,45+/m0/s1. The molecular weight excluding hydrogens is 778 g/mol. The number of ether oxygens (including phenoxy) is 7. The van der Waals surface area contributed by atoms with Crippen LogP contribution in [-0.2, 0) is 47.5 Å². The molecule has 0 amide bonds. The molecule has 3 saturated heterocycles. The van der Waals surface area contributed by atoms with Crippen LogP contribution in [0.2, 0.25) is 0 Å². The second-order valence-corrected chi connectivity index (χ2v) is 19.6. The number of cyclic esters (lactones) is 1. The van der Waals surface area contributed by atoms with Crippen LogP contribution in [0.4, 0.5) is 0 Å². The highest BCUT2D eigenvalue weighted by Gasteiger charge is 2.54. The van der Waals surface area contributed by atoms with Crippen molar-refractivity contribution in [2.75, 3.05) is 21.2 Å². The first-order valence-electron chi connectivity index (χ1n) is 22.5. The molecular formula is C45H79NO14. The Hall–Kier alpha value is -1.79. The van der Waals surface area contributed by atoms with Crippen LogP contribution < -0.4 is 0 Å². The average molecular weight is 858 g/mol. The van der Waals surface area contributed by atoms with Crippen molar-refractivity contribution >= 4 is 17.7 Å². The predicted molar refractivity (Wildman–Crippen MR) is 221 cm³/mol. The minimum absolute atomic E-state index is 0.0798. The molecule has 4 fully saturated rings. The molecule has 0 unspecified atom stereocenters. The lowest BCUT2D eigenvalue weighted by Crippen LogP contribution is -2.61. The Morgan fingerprint density at radius 2 is 1.52 bits per heavy atom. The highest BCUT2D eigenvalue weighted by Crippen LogP contribution is 2.41. The molecule has 3 heterocycles. The number of aliphatic hydroxyl groups is 4. The number of carbonyl (C=O) groups is 3. The van der Waals surface area contributed by atoms with Gasteiger partial charge in [-0.05, 0) is 87.2 Å². The molecule has 0 bridgehead atoms. The van der Waals surface area contributed by atoms with E-state index in [1.807, 2.05) is 25.9 Å². The van der Waals surface area contributed by atoms with E-state index in [0.717, 1.165) is 32.1 Å². The van der Waals surface area contributed by atoms with Gasteiger partial charge in [-0.1, -0.05) is 53.4 Å². The van der Waals surface area contributed by atoms with Gasteiger partial charge in [-0.2, -0.15) is 0 Å². The van der Waals surface area contributed by atoms with Gasteiger partial charge >= 0.3 is 11.9 Å². The Bertz CT molecular complexity index is 1420. The van der Waals surface area contributed by atoms with Gasteiger partial charge < -0.3 is 58.5 Å². The molecule has 0 aromatic heterocycles. The second-order valence-electron chi connectivity index (χ2n) is 19.6. The van der Waals surface area contributed by atoms with Gasteiger partial charge in [0.05, 0.1) is 53.7 Å². The Kier molecular flexibility index (Phi) is 17.6. The Balaban J connectivity index is 1.82. The zero-order valence-electron chi connectivity index (χ0n) is 38.6. The van der Waals surface area contributed by atoms with E-state index in [-0.39, 0.29) is 43.8 Å². The molecule has 18 atom stereocenters. The van der Waals surface area contributed by atoms with Crippen molar-refractivity contribution < 1.29 is 68.0 Å². The molecule has 15 nitrogen and oxygen atoms in total. The highest BCUT2D eigenvalue weighted by molar-refractivity contribution is 5.83. The Morgan fingerprint density at radius 1 is 0.883 bits per heavy atom. The third-order valence-electron chi connectivity index (χ3n) is 14.3. The number of rotatable bonds is 11. The van der Waals surface area contributed by atoms with Crippen LogP contribution in [0.15, 0.2) is 0 Å². The quantitative estimate of drug-likeness (QED) is 0.214. The van der Waals surface area contributed by atoms with Crippen molar-refractivity contribution in [3.05, 3.63) is 0 Å². The molecule has 1 saturated carbocycles. The summed E-state index contributed by atoms with van der Waals surface area (Å²) in [6.07, 6.45) is -4.24. The maximum Gasteiger partial charge on any atom is 0.311 e. The average Bonchev–Trinajstić information content (AvgIpc) is 3.71. The van der Waals surface area contributed by atoms with Crippen LogP contribution in [0.5, 0.6) is 0 Å². The van der Waals surface area contributed by atoms with Gasteiger partial charge in [0.2, 0.25) is 0 Å². The minimum atomic E-state index is -2.01. The summed E-state index contributed by atoms with van der Waals surface area (Å²) in [5, 5.41) is 46.9. The van der Waals surface area contributed by atoms with Crippen molar-refractivity contribution in [2.45, 2.75) is 218 Å². The van der Waals surface area contributed by atoms with Crippen LogP contribution in [0.1, 0.15) is 133 Å². The third kappa shape index (κ3) is 11.7. The lowest BCUT2D eigenvalue weighted by atomic mass is 9.74. The molecule has 4 aliphatic rings. The summed E-state index contributed by atoms with van der Waals surface area (Å²) in [5.74, 6) is -4.99. The van der Waals surface area contributed by atoms with Crippen LogP contribution in [0.3, 0.4) is 0 Å². The molecule has 0 aromatic rings. The van der Waals surface area contributed by atoms with Crippen LogP contribution in [0.25, 0.3) is 0 Å². The van der Waals surface area contributed by atoms with Crippen molar-refractivity contribution in [1.29, 1.82) is 0 Å². The van der Waals surface area contributed by atoms with Gasteiger partial charge in [-0.15, -0.1) is 0 Å². The number of nitrogens with zero attached hydrogens (tertiary/aromatic N) is 1. The minimum Gasteiger partial charge on any atom is -0.459 e. The van der Waals surface area contributed by atoms with E-state index >= 15 is 0 Å². The summed E-state index contributed by atoms with van der Waals surface area (Å²) < 4.78 is 44.4. The number of aliphatic hydroxyl groups excluding tert-OH is 2. The predicted octanol–water partition coefficient (Wildman–Crippen LogP) is 4.31. The van der Waals surface area contributed by atoms with E-state index in [1.165, 1.54) is 21.0 Å². The van der Waals surface area contributed by atoms with Crippen LogP contribution in [-0.4, -0.2) is 149 Å². The largest absolute Gasteiger partial charge is 0.459 e. The van der Waals surface area contributed by atoms with Gasteiger partial charge in [0.15, 0.2) is 18.7 Å². The Labute approximate surface area is 358 Å². The molecule has 15 heteroatoms. The molecule has 0 aromatic carbocycles. The maximum absolute atomic E-state index is 14.3. The summed E-state index contributed by atoms with van der Waals surface area (Å²) in [4.78, 5) is 44.0. The van der Waals surface area contributed by atoms with E-state index in [9.17, 15) is 34.8 Å². The second kappa shape index (κ2) is 20.8. The number of hydrogen-bond donors (Lipinski definition) is 4. The number of methoxy groups -OCH3 is 1. The summed E-state index contributed by atoms with van der Waals surface area (Å²) >= 11 is 0. The zero-order valence-corrected chi connectivity index (χ0v) is 38.6. The van der Waals surface area contributed by atoms with E-state index < -0.39 is 108 Å². The van der Waals surface area contributed by atoms with Gasteiger partial charge in [0, 0.05) is 37.7 Å². The summed E-state index contributed by atoms with van der Waals surface area (Å²) in [6.45, 7) is 16.5. The fourth-order valence-corrected chi connectivity index (χ4v) is 10.4. The molecule has 3 aliphatic heterocycles. The molecule has 0 spiro atoms. The summed E-state index contributed by atoms with van der Waals surface area (Å²) in [7, 11) is 5.29. The molecule has 4 rings (SSSR count). The SMILES string of the molecule is CC[C@@H]1OC(=O)[C@H](C)[C@H](O[C@@H]2C[C@](C)(OC)[C@H](O)[C@H](C)O2)[C@H](C)[C@H](O[C@@H]2O[C@H](C)C[C@H](N(C)C)[C@@H]2OC(=O)CCC2CCCC2)[C@](C)(O)C[C@H](C)C(=O)[C@H](C)[C@H](O)[C@]1(C)O.